The molecule has 6 heteroatoms. The van der Waals surface area contributed by atoms with Crippen molar-refractivity contribution in [2.24, 2.45) is 12.0 Å². The molecule has 0 spiro atoms. The van der Waals surface area contributed by atoms with Crippen molar-refractivity contribution in [2.45, 2.75) is 13.0 Å². The largest absolute Gasteiger partial charge is 0.497 e. The van der Waals surface area contributed by atoms with E-state index in [4.69, 9.17) is 9.47 Å². The van der Waals surface area contributed by atoms with Gasteiger partial charge in [-0.15, -0.1) is 0 Å². The summed E-state index contributed by atoms with van der Waals surface area (Å²) >= 11 is 0. The molecule has 0 fully saturated rings. The van der Waals surface area contributed by atoms with Gasteiger partial charge in [-0.3, -0.25) is 4.99 Å². The number of methoxy groups -OCH3 is 1. The van der Waals surface area contributed by atoms with Crippen LogP contribution in [0.3, 0.4) is 0 Å². The molecule has 6 nitrogen and oxygen atoms in total. The molecule has 0 aliphatic carbocycles. The Kier molecular flexibility index (Phi) is 7.01. The minimum absolute atomic E-state index is 0.635. The molecule has 24 heavy (non-hydrogen) atoms. The van der Waals surface area contributed by atoms with Crippen molar-refractivity contribution in [3.63, 3.8) is 0 Å². The number of hydrogen-bond acceptors (Lipinski definition) is 3. The van der Waals surface area contributed by atoms with Gasteiger partial charge in [0.05, 0.1) is 13.7 Å². The molecule has 2 aromatic rings. The van der Waals surface area contributed by atoms with Crippen LogP contribution in [0.25, 0.3) is 0 Å². The quantitative estimate of drug-likeness (QED) is 0.442. The van der Waals surface area contributed by atoms with Crippen LogP contribution in [0.4, 0.5) is 0 Å². The highest BCUT2D eigenvalue weighted by Crippen LogP contribution is 2.18. The summed E-state index contributed by atoms with van der Waals surface area (Å²) in [6.45, 7) is 2.18. The van der Waals surface area contributed by atoms with E-state index >= 15 is 0 Å². The third kappa shape index (κ3) is 5.87. The highest BCUT2D eigenvalue weighted by Gasteiger charge is 2.00. The zero-order chi connectivity index (χ0) is 17.2. The molecule has 2 N–H and O–H groups in total. The predicted octanol–water partition coefficient (Wildman–Crippen LogP) is 2.17. The van der Waals surface area contributed by atoms with Gasteiger partial charge >= 0.3 is 0 Å². The number of aliphatic imine (C=N–C) groups is 1. The van der Waals surface area contributed by atoms with E-state index in [1.54, 1.807) is 14.2 Å². The van der Waals surface area contributed by atoms with Gasteiger partial charge in [-0.1, -0.05) is 6.07 Å². The monoisotopic (exact) mass is 330 g/mol. The molecule has 0 aliphatic heterocycles. The van der Waals surface area contributed by atoms with E-state index in [2.05, 4.69) is 27.9 Å². The Bertz CT molecular complexity index is 652. The molecule has 130 valence electrons. The highest BCUT2D eigenvalue weighted by atomic mass is 16.5. The average molecular weight is 330 g/mol. The highest BCUT2D eigenvalue weighted by molar-refractivity contribution is 5.79. The van der Waals surface area contributed by atoms with Gasteiger partial charge in [0, 0.05) is 45.6 Å². The molecular formula is C18H26N4O2. The summed E-state index contributed by atoms with van der Waals surface area (Å²) in [6, 6.07) is 9.71. The summed E-state index contributed by atoms with van der Waals surface area (Å²) in [6.07, 6.45) is 4.99. The van der Waals surface area contributed by atoms with Crippen molar-refractivity contribution in [2.75, 3.05) is 27.3 Å². The standard InChI is InChI=1S/C18H26N4O2/c1-19-18(21-13-15-8-10-22(2)14-15)20-9-5-11-24-17-7-4-6-16(12-17)23-3/h4,6-8,10,12,14H,5,9,11,13H2,1-3H3,(H2,19,20,21). The van der Waals surface area contributed by atoms with E-state index in [1.807, 2.05) is 42.1 Å². The zero-order valence-electron chi connectivity index (χ0n) is 14.6. The minimum Gasteiger partial charge on any atom is -0.497 e. The van der Waals surface area contributed by atoms with Crippen LogP contribution >= 0.6 is 0 Å². The van der Waals surface area contributed by atoms with Crippen LogP contribution in [0, 0.1) is 0 Å². The molecular weight excluding hydrogens is 304 g/mol. The number of hydrogen-bond donors (Lipinski definition) is 2. The van der Waals surface area contributed by atoms with Gasteiger partial charge in [0.2, 0.25) is 0 Å². The van der Waals surface area contributed by atoms with Crippen molar-refractivity contribution in [3.05, 3.63) is 48.3 Å². The number of guanidine groups is 1. The topological polar surface area (TPSA) is 59.8 Å². The molecule has 1 aromatic carbocycles. The lowest BCUT2D eigenvalue weighted by Crippen LogP contribution is -2.37. The summed E-state index contributed by atoms with van der Waals surface area (Å²) in [5.74, 6) is 2.41. The van der Waals surface area contributed by atoms with E-state index in [0.717, 1.165) is 37.0 Å². The van der Waals surface area contributed by atoms with Crippen molar-refractivity contribution in [3.8, 4) is 11.5 Å². The van der Waals surface area contributed by atoms with E-state index in [-0.39, 0.29) is 0 Å². The van der Waals surface area contributed by atoms with Crippen molar-refractivity contribution in [1.29, 1.82) is 0 Å². The zero-order valence-corrected chi connectivity index (χ0v) is 14.6. The molecule has 1 aromatic heterocycles. The Morgan fingerprint density at radius 3 is 2.75 bits per heavy atom. The van der Waals surface area contributed by atoms with Crippen molar-refractivity contribution >= 4 is 5.96 Å². The van der Waals surface area contributed by atoms with Crippen LogP contribution in [0.5, 0.6) is 11.5 Å². The van der Waals surface area contributed by atoms with Gasteiger partial charge in [0.25, 0.3) is 0 Å². The van der Waals surface area contributed by atoms with E-state index in [0.29, 0.717) is 6.61 Å². The maximum absolute atomic E-state index is 5.71. The molecule has 1 heterocycles. The first-order chi connectivity index (χ1) is 11.7. The normalized spacial score (nSPS) is 11.2. The van der Waals surface area contributed by atoms with Crippen molar-refractivity contribution in [1.82, 2.24) is 15.2 Å². The first-order valence-corrected chi connectivity index (χ1v) is 8.03. The van der Waals surface area contributed by atoms with Gasteiger partial charge in [-0.25, -0.2) is 0 Å². The maximum Gasteiger partial charge on any atom is 0.191 e. The summed E-state index contributed by atoms with van der Waals surface area (Å²) in [7, 11) is 5.43. The average Bonchev–Trinajstić information content (AvgIpc) is 3.03. The molecule has 2 rings (SSSR count). The Balaban J connectivity index is 1.63. The first-order valence-electron chi connectivity index (χ1n) is 8.03. The van der Waals surface area contributed by atoms with Crippen LogP contribution in [-0.4, -0.2) is 37.8 Å². The lowest BCUT2D eigenvalue weighted by atomic mass is 10.3. The van der Waals surface area contributed by atoms with Gasteiger partial charge in [0.1, 0.15) is 11.5 Å². The van der Waals surface area contributed by atoms with Gasteiger partial charge < -0.3 is 24.7 Å². The fourth-order valence-corrected chi connectivity index (χ4v) is 2.23. The van der Waals surface area contributed by atoms with E-state index in [9.17, 15) is 0 Å². The number of aromatic nitrogens is 1. The van der Waals surface area contributed by atoms with Crippen LogP contribution in [0.2, 0.25) is 0 Å². The predicted molar refractivity (Wildman–Crippen MR) is 96.7 cm³/mol. The number of benzene rings is 1. The lowest BCUT2D eigenvalue weighted by Gasteiger charge is -2.12. The van der Waals surface area contributed by atoms with Crippen LogP contribution in [-0.2, 0) is 13.6 Å². The van der Waals surface area contributed by atoms with Crippen LogP contribution < -0.4 is 20.1 Å². The first kappa shape index (κ1) is 17.7. The Hall–Kier alpha value is -2.63. The maximum atomic E-state index is 5.71. The van der Waals surface area contributed by atoms with Crippen molar-refractivity contribution < 1.29 is 9.47 Å². The Morgan fingerprint density at radius 1 is 1.21 bits per heavy atom. The fourth-order valence-electron chi connectivity index (χ4n) is 2.23. The van der Waals surface area contributed by atoms with Gasteiger partial charge in [0.15, 0.2) is 5.96 Å². The summed E-state index contributed by atoms with van der Waals surface area (Å²) in [4.78, 5) is 4.22. The summed E-state index contributed by atoms with van der Waals surface area (Å²) in [5, 5.41) is 6.57. The van der Waals surface area contributed by atoms with E-state index < -0.39 is 0 Å². The smallest absolute Gasteiger partial charge is 0.191 e. The molecule has 0 amide bonds. The van der Waals surface area contributed by atoms with Crippen LogP contribution in [0.15, 0.2) is 47.7 Å². The fraction of sp³-hybridized carbons (Fsp3) is 0.389. The second-order valence-electron chi connectivity index (χ2n) is 5.42. The second kappa shape index (κ2) is 9.50. The Labute approximate surface area is 143 Å². The molecule has 0 aliphatic rings. The van der Waals surface area contributed by atoms with Crippen LogP contribution in [0.1, 0.15) is 12.0 Å². The SMILES string of the molecule is CN=C(NCCCOc1cccc(OC)c1)NCc1ccn(C)c1. The number of aryl methyl sites for hydroxylation is 1. The number of nitrogens with one attached hydrogen (secondary N) is 2. The Morgan fingerprint density at radius 2 is 2.04 bits per heavy atom. The summed E-state index contributed by atoms with van der Waals surface area (Å²) < 4.78 is 12.9. The third-order valence-electron chi connectivity index (χ3n) is 3.50. The molecule has 0 atom stereocenters. The summed E-state index contributed by atoms with van der Waals surface area (Å²) in [5.41, 5.74) is 1.22. The molecule has 0 bridgehead atoms. The van der Waals surface area contributed by atoms with E-state index in [1.165, 1.54) is 5.56 Å². The molecule has 0 saturated heterocycles. The van der Waals surface area contributed by atoms with Gasteiger partial charge in [-0.05, 0) is 30.2 Å². The number of rotatable bonds is 8. The number of nitrogens with zero attached hydrogens (tertiary/aromatic N) is 2. The minimum atomic E-state index is 0.635. The lowest BCUT2D eigenvalue weighted by molar-refractivity contribution is 0.308. The number of ether oxygens (including phenoxy) is 2. The molecule has 0 radical (unpaired) electrons. The molecule has 0 saturated carbocycles. The van der Waals surface area contributed by atoms with Gasteiger partial charge in [-0.2, -0.15) is 0 Å². The second-order valence-corrected chi connectivity index (χ2v) is 5.42. The third-order valence-corrected chi connectivity index (χ3v) is 3.50. The molecule has 0 unspecified atom stereocenters.